The fraction of sp³-hybridized carbons (Fsp3) is 0.250. The molecular weight excluding hydrogens is 530 g/mol. The second-order valence-electron chi connectivity index (χ2n) is 10.6. The van der Waals surface area contributed by atoms with Crippen LogP contribution >= 0.6 is 11.6 Å². The minimum absolute atomic E-state index is 0.0380. The average molecular weight is 556 g/mol. The number of carbonyl (C=O) groups is 4. The molecule has 2 amide bonds. The Kier molecular flexibility index (Phi) is 6.15. The SMILES string of the molecule is C=Cc1ccc(N2C(=O)C3CC=C4C(c5cc(Cl)c(O)c(OC)c5)C5=C(CC4C3C2=O)C(=O)C=C(C)C5=O)cc1. The van der Waals surface area contributed by atoms with Crippen LogP contribution in [0.25, 0.3) is 6.08 Å². The molecule has 8 heteroatoms. The van der Waals surface area contributed by atoms with E-state index in [1.807, 2.05) is 6.08 Å². The van der Waals surface area contributed by atoms with Gasteiger partial charge in [0.1, 0.15) is 0 Å². The highest BCUT2D eigenvalue weighted by Crippen LogP contribution is 2.56. The van der Waals surface area contributed by atoms with Gasteiger partial charge in [-0.3, -0.25) is 24.1 Å². The molecule has 1 fully saturated rings. The molecule has 1 N–H and O–H groups in total. The van der Waals surface area contributed by atoms with Crippen molar-refractivity contribution < 1.29 is 29.0 Å². The number of allylic oxidation sites excluding steroid dienone is 6. The summed E-state index contributed by atoms with van der Waals surface area (Å²) in [6.45, 7) is 5.36. The molecule has 202 valence electrons. The van der Waals surface area contributed by atoms with Crippen molar-refractivity contribution in [2.45, 2.75) is 25.7 Å². The summed E-state index contributed by atoms with van der Waals surface area (Å²) in [6.07, 6.45) is 5.46. The summed E-state index contributed by atoms with van der Waals surface area (Å²) in [6, 6.07) is 10.2. The maximum absolute atomic E-state index is 14.0. The molecule has 1 aliphatic heterocycles. The van der Waals surface area contributed by atoms with Crippen molar-refractivity contribution in [3.63, 3.8) is 0 Å². The van der Waals surface area contributed by atoms with Crippen molar-refractivity contribution >= 4 is 46.7 Å². The molecule has 0 saturated carbocycles. The van der Waals surface area contributed by atoms with E-state index >= 15 is 0 Å². The third-order valence-corrected chi connectivity index (χ3v) is 8.84. The first kappa shape index (κ1) is 26.0. The van der Waals surface area contributed by atoms with Crippen LogP contribution in [-0.4, -0.2) is 35.6 Å². The summed E-state index contributed by atoms with van der Waals surface area (Å²) in [4.78, 5) is 55.6. The van der Waals surface area contributed by atoms with E-state index in [0.29, 0.717) is 34.4 Å². The van der Waals surface area contributed by atoms with Crippen molar-refractivity contribution in [2.24, 2.45) is 17.8 Å². The number of benzene rings is 2. The maximum Gasteiger partial charge on any atom is 0.238 e. The van der Waals surface area contributed by atoms with Crippen LogP contribution in [-0.2, 0) is 19.2 Å². The first-order valence-electron chi connectivity index (χ1n) is 13.0. The number of ether oxygens (including phenoxy) is 1. The van der Waals surface area contributed by atoms with E-state index < -0.39 is 23.7 Å². The van der Waals surface area contributed by atoms with E-state index in [-0.39, 0.29) is 46.3 Å². The summed E-state index contributed by atoms with van der Waals surface area (Å²) in [5, 5.41) is 10.4. The predicted molar refractivity (Wildman–Crippen MR) is 150 cm³/mol. The number of carbonyl (C=O) groups excluding carboxylic acids is 4. The van der Waals surface area contributed by atoms with Crippen molar-refractivity contribution in [3.05, 3.63) is 93.6 Å². The van der Waals surface area contributed by atoms with E-state index in [2.05, 4.69) is 6.58 Å². The Hall–Kier alpha value is -4.23. The molecular formula is C32H26ClNO6. The number of fused-ring (bicyclic) bond motifs is 3. The van der Waals surface area contributed by atoms with Gasteiger partial charge in [0.05, 0.1) is 29.7 Å². The summed E-state index contributed by atoms with van der Waals surface area (Å²) < 4.78 is 5.33. The highest BCUT2D eigenvalue weighted by Gasteiger charge is 2.56. The van der Waals surface area contributed by atoms with E-state index in [1.54, 1.807) is 49.4 Å². The van der Waals surface area contributed by atoms with Crippen LogP contribution in [0.15, 0.2) is 77.4 Å². The molecule has 1 heterocycles. The lowest BCUT2D eigenvalue weighted by Gasteiger charge is -2.42. The second kappa shape index (κ2) is 9.45. The van der Waals surface area contributed by atoms with Gasteiger partial charge in [0.25, 0.3) is 0 Å². The average Bonchev–Trinajstić information content (AvgIpc) is 3.21. The van der Waals surface area contributed by atoms with Gasteiger partial charge in [-0.1, -0.05) is 48.0 Å². The van der Waals surface area contributed by atoms with Crippen molar-refractivity contribution in [2.75, 3.05) is 12.0 Å². The Balaban J connectivity index is 1.49. The van der Waals surface area contributed by atoms with Crippen molar-refractivity contribution in [1.29, 1.82) is 0 Å². The van der Waals surface area contributed by atoms with Crippen LogP contribution in [0, 0.1) is 17.8 Å². The normalized spacial score (nSPS) is 25.7. The highest BCUT2D eigenvalue weighted by atomic mass is 35.5. The van der Waals surface area contributed by atoms with Crippen LogP contribution in [0.5, 0.6) is 11.5 Å². The van der Waals surface area contributed by atoms with Gasteiger partial charge >= 0.3 is 0 Å². The monoisotopic (exact) mass is 555 g/mol. The number of methoxy groups -OCH3 is 1. The predicted octanol–water partition coefficient (Wildman–Crippen LogP) is 5.33. The quantitative estimate of drug-likeness (QED) is 0.311. The summed E-state index contributed by atoms with van der Waals surface area (Å²) in [5.74, 6) is -3.64. The third-order valence-electron chi connectivity index (χ3n) is 8.56. The first-order valence-corrected chi connectivity index (χ1v) is 13.4. The number of ketones is 2. The van der Waals surface area contributed by atoms with Gasteiger partial charge in [-0.25, -0.2) is 0 Å². The summed E-state index contributed by atoms with van der Waals surface area (Å²) >= 11 is 6.36. The largest absolute Gasteiger partial charge is 0.503 e. The number of halogens is 1. The molecule has 6 rings (SSSR count). The van der Waals surface area contributed by atoms with Crippen LogP contribution in [0.2, 0.25) is 5.02 Å². The molecule has 4 aliphatic rings. The van der Waals surface area contributed by atoms with E-state index in [0.717, 1.165) is 11.1 Å². The lowest BCUT2D eigenvalue weighted by atomic mass is 9.59. The number of anilines is 1. The first-order chi connectivity index (χ1) is 19.2. The standard InChI is InChI=1S/C32H26ClNO6/c1-4-16-5-7-18(8-6-16)34-31(38)20-10-9-19-21(27(20)32(34)39)14-22-24(35)11-15(2)29(36)28(22)26(19)17-12-23(33)30(37)25(13-17)40-3/h4-9,11-13,20-21,26-27,37H,1,10,14H2,2-3H3. The number of phenols is 1. The molecule has 40 heavy (non-hydrogen) atoms. The van der Waals surface area contributed by atoms with Gasteiger partial charge in [-0.15, -0.1) is 0 Å². The van der Waals surface area contributed by atoms with Gasteiger partial charge in [0.2, 0.25) is 11.8 Å². The van der Waals surface area contributed by atoms with Gasteiger partial charge in [-0.2, -0.15) is 0 Å². The van der Waals surface area contributed by atoms with Crippen LogP contribution in [0.1, 0.15) is 36.8 Å². The number of aromatic hydroxyl groups is 1. The zero-order valence-electron chi connectivity index (χ0n) is 21.9. The molecule has 0 aromatic heterocycles. The zero-order valence-corrected chi connectivity index (χ0v) is 22.7. The van der Waals surface area contributed by atoms with Crippen molar-refractivity contribution in [1.82, 2.24) is 0 Å². The van der Waals surface area contributed by atoms with E-state index in [1.165, 1.54) is 18.1 Å². The van der Waals surface area contributed by atoms with E-state index in [4.69, 9.17) is 16.3 Å². The number of hydrogen-bond donors (Lipinski definition) is 1. The maximum atomic E-state index is 14.0. The van der Waals surface area contributed by atoms with Gasteiger partial charge < -0.3 is 9.84 Å². The fourth-order valence-corrected chi connectivity index (χ4v) is 6.89. The number of nitrogens with zero attached hydrogens (tertiary/aromatic N) is 1. The molecule has 3 aliphatic carbocycles. The van der Waals surface area contributed by atoms with Gasteiger partial charge in [0.15, 0.2) is 23.1 Å². The zero-order chi connectivity index (χ0) is 28.5. The molecule has 2 aromatic carbocycles. The lowest BCUT2D eigenvalue weighted by molar-refractivity contribution is -0.123. The van der Waals surface area contributed by atoms with Gasteiger partial charge in [0, 0.05) is 22.6 Å². The van der Waals surface area contributed by atoms with Crippen LogP contribution in [0.3, 0.4) is 0 Å². The topological polar surface area (TPSA) is 101 Å². The third kappa shape index (κ3) is 3.72. The van der Waals surface area contributed by atoms with Crippen LogP contribution in [0.4, 0.5) is 5.69 Å². The number of hydrogen-bond acceptors (Lipinski definition) is 6. The smallest absolute Gasteiger partial charge is 0.238 e. The fourth-order valence-electron chi connectivity index (χ4n) is 6.67. The number of amides is 2. The Bertz CT molecular complexity index is 1630. The number of phenolic OH excluding ortho intramolecular Hbond substituents is 1. The van der Waals surface area contributed by atoms with Crippen LogP contribution < -0.4 is 9.64 Å². The highest BCUT2D eigenvalue weighted by molar-refractivity contribution is 6.32. The molecule has 0 spiro atoms. The molecule has 4 unspecified atom stereocenters. The molecule has 4 atom stereocenters. The summed E-state index contributed by atoms with van der Waals surface area (Å²) in [5.41, 5.74) is 3.74. The molecule has 1 saturated heterocycles. The number of Topliss-reactive ketones (excluding diaryl/α,β-unsaturated/α-hetero) is 1. The van der Waals surface area contributed by atoms with Gasteiger partial charge in [-0.05, 0) is 67.2 Å². The molecule has 0 bridgehead atoms. The Morgan fingerprint density at radius 2 is 1.80 bits per heavy atom. The number of rotatable bonds is 4. The molecule has 2 aromatic rings. The Morgan fingerprint density at radius 1 is 1.07 bits per heavy atom. The van der Waals surface area contributed by atoms with Crippen molar-refractivity contribution in [3.8, 4) is 11.5 Å². The Morgan fingerprint density at radius 3 is 2.48 bits per heavy atom. The second-order valence-corrected chi connectivity index (χ2v) is 11.0. The molecule has 7 nitrogen and oxygen atoms in total. The minimum atomic E-state index is -0.689. The molecule has 0 radical (unpaired) electrons. The Labute approximate surface area is 236 Å². The van der Waals surface area contributed by atoms with E-state index in [9.17, 15) is 24.3 Å². The number of imide groups is 1. The lowest BCUT2D eigenvalue weighted by Crippen LogP contribution is -2.39. The minimum Gasteiger partial charge on any atom is -0.503 e. The summed E-state index contributed by atoms with van der Waals surface area (Å²) in [7, 11) is 1.40.